The van der Waals surface area contributed by atoms with Gasteiger partial charge in [0.1, 0.15) is 5.82 Å². The van der Waals surface area contributed by atoms with Crippen LogP contribution in [0.1, 0.15) is 24.2 Å². The Morgan fingerprint density at radius 2 is 2.07 bits per heavy atom. The Labute approximate surface area is 156 Å². The van der Waals surface area contributed by atoms with Gasteiger partial charge in [-0.05, 0) is 31.0 Å². The average molecular weight is 363 g/mol. The summed E-state index contributed by atoms with van der Waals surface area (Å²) in [4.78, 5) is 23.9. The highest BCUT2D eigenvalue weighted by Crippen LogP contribution is 2.41. The first-order valence-corrected chi connectivity index (χ1v) is 9.23. The van der Waals surface area contributed by atoms with E-state index in [9.17, 15) is 4.79 Å². The number of hydrogen-bond acceptors (Lipinski definition) is 6. The van der Waals surface area contributed by atoms with Gasteiger partial charge in [-0.3, -0.25) is 19.2 Å². The highest BCUT2D eigenvalue weighted by molar-refractivity contribution is 5.47. The van der Waals surface area contributed by atoms with Crippen molar-refractivity contribution in [3.8, 4) is 11.5 Å². The smallest absolute Gasteiger partial charge is 0.283 e. The second-order valence-corrected chi connectivity index (χ2v) is 7.54. The van der Waals surface area contributed by atoms with Gasteiger partial charge in [0.25, 0.3) is 5.56 Å². The first-order chi connectivity index (χ1) is 13.2. The standard InChI is InChI=1S/C19H21N7O/c1-24-10-7-21-16(24)15-17(27)26-9-5-19(18(26)23-22-15)4-8-25(13-19)12-14-3-2-6-20-11-14/h2-3,6-7,10-11H,4-5,8-9,12-13H2,1H3/t19-/m1/s1. The summed E-state index contributed by atoms with van der Waals surface area (Å²) in [5.74, 6) is 1.40. The first-order valence-electron chi connectivity index (χ1n) is 9.23. The molecule has 27 heavy (non-hydrogen) atoms. The minimum Gasteiger partial charge on any atom is -0.333 e. The summed E-state index contributed by atoms with van der Waals surface area (Å²) in [6.45, 7) is 3.46. The summed E-state index contributed by atoms with van der Waals surface area (Å²) in [6, 6.07) is 4.07. The molecule has 0 radical (unpaired) electrons. The Morgan fingerprint density at radius 3 is 2.85 bits per heavy atom. The van der Waals surface area contributed by atoms with Crippen LogP contribution in [-0.4, -0.2) is 47.3 Å². The third-order valence-electron chi connectivity index (χ3n) is 5.83. The van der Waals surface area contributed by atoms with E-state index in [1.54, 1.807) is 17.0 Å². The van der Waals surface area contributed by atoms with Crippen LogP contribution < -0.4 is 5.56 Å². The lowest BCUT2D eigenvalue weighted by Gasteiger charge is -2.23. The fraction of sp³-hybridized carbons (Fsp3) is 0.421. The van der Waals surface area contributed by atoms with Crippen LogP contribution in [0.5, 0.6) is 0 Å². The van der Waals surface area contributed by atoms with Gasteiger partial charge in [0.05, 0.1) is 0 Å². The second kappa shape index (κ2) is 6.09. The van der Waals surface area contributed by atoms with Crippen LogP contribution in [-0.2, 0) is 25.6 Å². The molecule has 0 unspecified atom stereocenters. The number of pyridine rings is 1. The van der Waals surface area contributed by atoms with Crippen molar-refractivity contribution in [2.24, 2.45) is 7.05 Å². The maximum absolute atomic E-state index is 13.0. The zero-order valence-corrected chi connectivity index (χ0v) is 15.2. The molecule has 2 aliphatic rings. The fourth-order valence-electron chi connectivity index (χ4n) is 4.42. The molecule has 0 aromatic carbocycles. The van der Waals surface area contributed by atoms with Crippen LogP contribution in [0.4, 0.5) is 0 Å². The van der Waals surface area contributed by atoms with Gasteiger partial charge in [-0.25, -0.2) is 4.98 Å². The lowest BCUT2D eigenvalue weighted by Crippen LogP contribution is -2.33. The van der Waals surface area contributed by atoms with Crippen molar-refractivity contribution < 1.29 is 0 Å². The predicted molar refractivity (Wildman–Crippen MR) is 98.9 cm³/mol. The predicted octanol–water partition coefficient (Wildman–Crippen LogP) is 0.981. The Morgan fingerprint density at radius 1 is 1.19 bits per heavy atom. The summed E-state index contributed by atoms with van der Waals surface area (Å²) >= 11 is 0. The molecule has 1 saturated heterocycles. The molecule has 0 aliphatic carbocycles. The number of imidazole rings is 1. The number of hydrogen-bond donors (Lipinski definition) is 0. The maximum Gasteiger partial charge on any atom is 0.283 e. The van der Waals surface area contributed by atoms with E-state index in [-0.39, 0.29) is 11.0 Å². The van der Waals surface area contributed by atoms with Crippen molar-refractivity contribution in [2.75, 3.05) is 13.1 Å². The SMILES string of the molecule is Cn1ccnc1-c1nnc2n(c1=O)CC[C@@]21CCN(Cc2cccnc2)C1. The molecule has 0 N–H and O–H groups in total. The number of rotatable bonds is 3. The molecule has 0 amide bonds. The van der Waals surface area contributed by atoms with Crippen molar-refractivity contribution in [3.63, 3.8) is 0 Å². The quantitative estimate of drug-likeness (QED) is 0.690. The van der Waals surface area contributed by atoms with Crippen LogP contribution >= 0.6 is 0 Å². The molecule has 5 rings (SSSR count). The first kappa shape index (κ1) is 16.3. The summed E-state index contributed by atoms with van der Waals surface area (Å²) in [5, 5.41) is 8.80. The highest BCUT2D eigenvalue weighted by Gasteiger charge is 2.47. The Hall–Kier alpha value is -2.87. The molecular formula is C19H21N7O. The monoisotopic (exact) mass is 363 g/mol. The van der Waals surface area contributed by atoms with Crippen molar-refractivity contribution in [1.82, 2.24) is 34.2 Å². The molecule has 2 aliphatic heterocycles. The zero-order valence-electron chi connectivity index (χ0n) is 15.2. The van der Waals surface area contributed by atoms with Crippen molar-refractivity contribution in [3.05, 3.63) is 58.7 Å². The van der Waals surface area contributed by atoms with E-state index in [2.05, 4.69) is 31.1 Å². The van der Waals surface area contributed by atoms with Gasteiger partial charge in [0, 0.05) is 56.9 Å². The Bertz CT molecular complexity index is 1040. The Balaban J connectivity index is 1.45. The molecule has 1 spiro atoms. The van der Waals surface area contributed by atoms with Gasteiger partial charge < -0.3 is 4.57 Å². The third kappa shape index (κ3) is 2.59. The van der Waals surface area contributed by atoms with Gasteiger partial charge in [0.2, 0.25) is 0 Å². The van der Waals surface area contributed by atoms with Gasteiger partial charge in [-0.2, -0.15) is 0 Å². The van der Waals surface area contributed by atoms with Crippen molar-refractivity contribution >= 4 is 0 Å². The molecular weight excluding hydrogens is 342 g/mol. The molecule has 0 saturated carbocycles. The third-order valence-corrected chi connectivity index (χ3v) is 5.83. The number of aromatic nitrogens is 6. The van der Waals surface area contributed by atoms with Crippen molar-refractivity contribution in [2.45, 2.75) is 31.3 Å². The molecule has 3 aromatic heterocycles. The van der Waals surface area contributed by atoms with Crippen molar-refractivity contribution in [1.29, 1.82) is 0 Å². The largest absolute Gasteiger partial charge is 0.333 e. The molecule has 5 heterocycles. The fourth-order valence-corrected chi connectivity index (χ4v) is 4.42. The van der Waals surface area contributed by atoms with E-state index in [1.807, 2.05) is 30.1 Å². The average Bonchev–Trinajstić information content (AvgIpc) is 3.38. The van der Waals surface area contributed by atoms with Crippen LogP contribution in [0.3, 0.4) is 0 Å². The van der Waals surface area contributed by atoms with E-state index in [0.717, 1.165) is 38.3 Å². The molecule has 3 aromatic rings. The number of likely N-dealkylation sites (tertiary alicyclic amines) is 1. The molecule has 8 nitrogen and oxygen atoms in total. The van der Waals surface area contributed by atoms with Crippen LogP contribution in [0.25, 0.3) is 11.5 Å². The second-order valence-electron chi connectivity index (χ2n) is 7.54. The van der Waals surface area contributed by atoms with E-state index in [0.29, 0.717) is 18.1 Å². The van der Waals surface area contributed by atoms with Crippen LogP contribution in [0.2, 0.25) is 0 Å². The lowest BCUT2D eigenvalue weighted by atomic mass is 9.85. The van der Waals surface area contributed by atoms with Gasteiger partial charge >= 0.3 is 0 Å². The van der Waals surface area contributed by atoms with Gasteiger partial charge in [-0.1, -0.05) is 6.07 Å². The maximum atomic E-state index is 13.0. The van der Waals surface area contributed by atoms with Gasteiger partial charge in [0.15, 0.2) is 11.5 Å². The normalized spacial score (nSPS) is 21.8. The topological polar surface area (TPSA) is 81.7 Å². The van der Waals surface area contributed by atoms with E-state index < -0.39 is 0 Å². The summed E-state index contributed by atoms with van der Waals surface area (Å²) < 4.78 is 3.61. The molecule has 138 valence electrons. The lowest BCUT2D eigenvalue weighted by molar-refractivity contribution is 0.299. The minimum atomic E-state index is -0.0862. The van der Waals surface area contributed by atoms with Crippen LogP contribution in [0.15, 0.2) is 41.7 Å². The number of aryl methyl sites for hydroxylation is 1. The number of fused-ring (bicyclic) bond motifs is 2. The minimum absolute atomic E-state index is 0.0749. The zero-order chi connectivity index (χ0) is 18.4. The summed E-state index contributed by atoms with van der Waals surface area (Å²) in [6.07, 6.45) is 9.13. The number of nitrogens with zero attached hydrogens (tertiary/aromatic N) is 7. The van der Waals surface area contributed by atoms with Crippen LogP contribution in [0, 0.1) is 0 Å². The Kier molecular flexibility index (Phi) is 3.68. The van der Waals surface area contributed by atoms with E-state index in [1.165, 1.54) is 5.56 Å². The highest BCUT2D eigenvalue weighted by atomic mass is 16.1. The summed E-state index contributed by atoms with van der Waals surface area (Å²) in [5.41, 5.74) is 1.38. The summed E-state index contributed by atoms with van der Waals surface area (Å²) in [7, 11) is 1.86. The van der Waals surface area contributed by atoms with E-state index in [4.69, 9.17) is 0 Å². The van der Waals surface area contributed by atoms with Gasteiger partial charge in [-0.15, -0.1) is 10.2 Å². The molecule has 1 fully saturated rings. The molecule has 8 heteroatoms. The molecule has 1 atom stereocenters. The van der Waals surface area contributed by atoms with E-state index >= 15 is 0 Å². The molecule has 0 bridgehead atoms.